The third-order valence-corrected chi connectivity index (χ3v) is 4.66. The molecule has 0 aliphatic heterocycles. The van der Waals surface area contributed by atoms with E-state index in [-0.39, 0.29) is 23.7 Å². The van der Waals surface area contributed by atoms with Crippen molar-refractivity contribution in [3.63, 3.8) is 0 Å². The molecule has 0 aliphatic carbocycles. The van der Waals surface area contributed by atoms with Crippen molar-refractivity contribution in [1.29, 1.82) is 0 Å². The molecule has 0 heterocycles. The van der Waals surface area contributed by atoms with Gasteiger partial charge in [-0.25, -0.2) is 8.42 Å². The Morgan fingerprint density at radius 1 is 1.42 bits per heavy atom. The summed E-state index contributed by atoms with van der Waals surface area (Å²) in [6.07, 6.45) is 0. The van der Waals surface area contributed by atoms with Gasteiger partial charge in [-0.15, -0.1) is 0 Å². The van der Waals surface area contributed by atoms with E-state index >= 15 is 0 Å². The second-order valence-electron chi connectivity index (χ2n) is 4.05. The fourth-order valence-electron chi connectivity index (χ4n) is 1.62. The van der Waals surface area contributed by atoms with E-state index in [4.69, 9.17) is 5.73 Å². The zero-order valence-electron chi connectivity index (χ0n) is 11.2. The molecule has 1 rings (SSSR count). The fourth-order valence-corrected chi connectivity index (χ4v) is 3.11. The minimum Gasteiger partial charge on any atom is -0.468 e. The summed E-state index contributed by atoms with van der Waals surface area (Å²) >= 11 is 0. The van der Waals surface area contributed by atoms with E-state index in [1.54, 1.807) is 19.1 Å². The van der Waals surface area contributed by atoms with E-state index in [0.717, 1.165) is 9.87 Å². The summed E-state index contributed by atoms with van der Waals surface area (Å²) < 4.78 is 30.3. The molecule has 1 aromatic rings. The molecule has 7 heteroatoms. The lowest BCUT2D eigenvalue weighted by atomic mass is 10.2. The molecule has 0 aromatic heterocycles. The molecule has 0 aliphatic rings. The van der Waals surface area contributed by atoms with Gasteiger partial charge in [0.05, 0.1) is 12.8 Å². The molecule has 0 atom stereocenters. The highest BCUT2D eigenvalue weighted by atomic mass is 32.2. The number of likely N-dealkylation sites (N-methyl/N-ethyl adjacent to an activating group) is 1. The van der Waals surface area contributed by atoms with E-state index in [1.165, 1.54) is 13.2 Å². The first-order valence-electron chi connectivity index (χ1n) is 5.76. The number of carbonyl (C=O) groups is 1. The predicted molar refractivity (Wildman–Crippen MR) is 72.0 cm³/mol. The molecular weight excluding hydrogens is 268 g/mol. The Morgan fingerprint density at radius 2 is 2.05 bits per heavy atom. The zero-order valence-corrected chi connectivity index (χ0v) is 12.0. The molecule has 0 spiro atoms. The maximum atomic E-state index is 12.4. The molecule has 0 saturated heterocycles. The summed E-state index contributed by atoms with van der Waals surface area (Å²) in [4.78, 5) is 11.2. The van der Waals surface area contributed by atoms with Crippen molar-refractivity contribution in [2.24, 2.45) is 0 Å². The van der Waals surface area contributed by atoms with Gasteiger partial charge in [0.1, 0.15) is 11.4 Å². The van der Waals surface area contributed by atoms with Gasteiger partial charge in [-0.2, -0.15) is 4.31 Å². The highest BCUT2D eigenvalue weighted by Crippen LogP contribution is 2.23. The Hall–Kier alpha value is -1.60. The molecule has 0 fully saturated rings. The van der Waals surface area contributed by atoms with Crippen LogP contribution in [0.4, 0.5) is 5.69 Å². The number of benzene rings is 1. The minimum atomic E-state index is -3.80. The summed E-state index contributed by atoms with van der Waals surface area (Å²) in [6.45, 7) is 3.29. The van der Waals surface area contributed by atoms with Crippen LogP contribution in [0.25, 0.3) is 0 Å². The van der Waals surface area contributed by atoms with E-state index < -0.39 is 16.0 Å². The quantitative estimate of drug-likeness (QED) is 0.637. The first-order valence-corrected chi connectivity index (χ1v) is 7.20. The number of aryl methyl sites for hydroxylation is 1. The lowest BCUT2D eigenvalue weighted by Gasteiger charge is -2.20. The Labute approximate surface area is 113 Å². The lowest BCUT2D eigenvalue weighted by Crippen LogP contribution is -2.36. The molecular formula is C12H18N2O4S. The van der Waals surface area contributed by atoms with Crippen molar-refractivity contribution in [2.45, 2.75) is 18.7 Å². The van der Waals surface area contributed by atoms with E-state index in [2.05, 4.69) is 4.74 Å². The standard InChI is InChI=1S/C12H18N2O4S/c1-4-14(8-12(15)18-3)19(16,17)11-6-5-9(2)7-10(11)13/h5-7H,4,8,13H2,1-3H3. The second-order valence-corrected chi connectivity index (χ2v) is 5.95. The highest BCUT2D eigenvalue weighted by molar-refractivity contribution is 7.89. The van der Waals surface area contributed by atoms with Crippen LogP contribution in [0.15, 0.2) is 23.1 Å². The van der Waals surface area contributed by atoms with Gasteiger partial charge in [0.15, 0.2) is 0 Å². The molecule has 19 heavy (non-hydrogen) atoms. The maximum absolute atomic E-state index is 12.4. The van der Waals surface area contributed by atoms with Crippen LogP contribution in [0.1, 0.15) is 12.5 Å². The fraction of sp³-hybridized carbons (Fsp3) is 0.417. The number of ether oxygens (including phenoxy) is 1. The monoisotopic (exact) mass is 286 g/mol. The lowest BCUT2D eigenvalue weighted by molar-refractivity contribution is -0.140. The number of methoxy groups -OCH3 is 1. The Balaban J connectivity index is 3.17. The summed E-state index contributed by atoms with van der Waals surface area (Å²) in [7, 11) is -2.58. The number of sulfonamides is 1. The predicted octanol–water partition coefficient (Wildman–Crippen LogP) is 0.761. The number of nitrogens with zero attached hydrogens (tertiary/aromatic N) is 1. The molecule has 2 N–H and O–H groups in total. The van der Waals surface area contributed by atoms with Crippen LogP contribution in [0.5, 0.6) is 0 Å². The molecule has 106 valence electrons. The van der Waals surface area contributed by atoms with Crippen LogP contribution >= 0.6 is 0 Å². The number of hydrogen-bond acceptors (Lipinski definition) is 5. The van der Waals surface area contributed by atoms with Crippen LogP contribution in [0, 0.1) is 6.92 Å². The van der Waals surface area contributed by atoms with E-state index in [0.29, 0.717) is 0 Å². The van der Waals surface area contributed by atoms with Gasteiger partial charge in [0, 0.05) is 6.54 Å². The summed E-state index contributed by atoms with van der Waals surface area (Å²) in [5.41, 5.74) is 6.78. The van der Waals surface area contributed by atoms with Crippen LogP contribution in [-0.2, 0) is 19.6 Å². The topological polar surface area (TPSA) is 89.7 Å². The summed E-state index contributed by atoms with van der Waals surface area (Å²) in [6, 6.07) is 4.69. The van der Waals surface area contributed by atoms with Crippen molar-refractivity contribution in [3.8, 4) is 0 Å². The average molecular weight is 286 g/mol. The smallest absolute Gasteiger partial charge is 0.321 e. The third-order valence-electron chi connectivity index (χ3n) is 2.67. The normalized spacial score (nSPS) is 11.6. The number of hydrogen-bond donors (Lipinski definition) is 1. The number of nitrogens with two attached hydrogens (primary N) is 1. The van der Waals surface area contributed by atoms with Gasteiger partial charge >= 0.3 is 5.97 Å². The van der Waals surface area contributed by atoms with Gasteiger partial charge < -0.3 is 10.5 Å². The largest absolute Gasteiger partial charge is 0.468 e. The molecule has 0 radical (unpaired) electrons. The number of nitrogen functional groups attached to an aromatic ring is 1. The van der Waals surface area contributed by atoms with Crippen molar-refractivity contribution in [3.05, 3.63) is 23.8 Å². The Bertz CT molecular complexity index is 569. The van der Waals surface area contributed by atoms with Gasteiger partial charge in [0.2, 0.25) is 10.0 Å². The SMILES string of the molecule is CCN(CC(=O)OC)S(=O)(=O)c1ccc(C)cc1N. The number of rotatable bonds is 5. The third kappa shape index (κ3) is 3.45. The van der Waals surface area contributed by atoms with Crippen molar-refractivity contribution < 1.29 is 17.9 Å². The molecule has 0 unspecified atom stereocenters. The maximum Gasteiger partial charge on any atom is 0.321 e. The van der Waals surface area contributed by atoms with E-state index in [1.807, 2.05) is 6.92 Å². The molecule has 6 nitrogen and oxygen atoms in total. The van der Waals surface area contributed by atoms with Crippen LogP contribution < -0.4 is 5.73 Å². The van der Waals surface area contributed by atoms with Crippen LogP contribution in [-0.4, -0.2) is 38.9 Å². The average Bonchev–Trinajstić information content (AvgIpc) is 2.34. The van der Waals surface area contributed by atoms with E-state index in [9.17, 15) is 13.2 Å². The first-order chi connectivity index (χ1) is 8.82. The number of esters is 1. The Morgan fingerprint density at radius 3 is 2.53 bits per heavy atom. The summed E-state index contributed by atoms with van der Waals surface area (Å²) in [5, 5.41) is 0. The molecule has 0 amide bonds. The number of anilines is 1. The highest BCUT2D eigenvalue weighted by Gasteiger charge is 2.27. The van der Waals surface area contributed by atoms with Crippen molar-refractivity contribution in [2.75, 3.05) is 25.9 Å². The first kappa shape index (κ1) is 15.5. The van der Waals surface area contributed by atoms with Gasteiger partial charge in [-0.1, -0.05) is 13.0 Å². The molecule has 0 bridgehead atoms. The van der Waals surface area contributed by atoms with Crippen LogP contribution in [0.2, 0.25) is 0 Å². The number of carbonyl (C=O) groups excluding carboxylic acids is 1. The van der Waals surface area contributed by atoms with Crippen LogP contribution in [0.3, 0.4) is 0 Å². The molecule has 1 aromatic carbocycles. The van der Waals surface area contributed by atoms with Crippen molar-refractivity contribution in [1.82, 2.24) is 4.31 Å². The Kier molecular flexibility index (Phi) is 4.90. The van der Waals surface area contributed by atoms with Crippen molar-refractivity contribution >= 4 is 21.7 Å². The van der Waals surface area contributed by atoms with Gasteiger partial charge in [-0.3, -0.25) is 4.79 Å². The summed E-state index contributed by atoms with van der Waals surface area (Å²) in [5.74, 6) is -0.615. The van der Waals surface area contributed by atoms with Gasteiger partial charge in [-0.05, 0) is 24.6 Å². The molecule has 0 saturated carbocycles. The zero-order chi connectivity index (χ0) is 14.6. The minimum absolute atomic E-state index is 0.00357. The second kappa shape index (κ2) is 6.03. The van der Waals surface area contributed by atoms with Gasteiger partial charge in [0.25, 0.3) is 0 Å².